The number of fused-ring (bicyclic) bond motifs is 1. The molecule has 2 aromatic rings. The second-order valence-corrected chi connectivity index (χ2v) is 5.69. The summed E-state index contributed by atoms with van der Waals surface area (Å²) in [5, 5.41) is 4.45. The van der Waals surface area contributed by atoms with E-state index in [1.54, 1.807) is 12.1 Å². The van der Waals surface area contributed by atoms with E-state index in [9.17, 15) is 4.39 Å². The molecule has 1 aromatic heterocycles. The summed E-state index contributed by atoms with van der Waals surface area (Å²) in [5.41, 5.74) is 2.81. The lowest BCUT2D eigenvalue weighted by atomic mass is 10.0. The van der Waals surface area contributed by atoms with Gasteiger partial charge < -0.3 is 10.2 Å². The lowest BCUT2D eigenvalue weighted by Gasteiger charge is -2.30. The second kappa shape index (κ2) is 5.37. The Morgan fingerprint density at radius 1 is 1.25 bits per heavy atom. The van der Waals surface area contributed by atoms with Gasteiger partial charge in [0.25, 0.3) is 0 Å². The van der Waals surface area contributed by atoms with Gasteiger partial charge in [0.1, 0.15) is 5.82 Å². The molecule has 0 unspecified atom stereocenters. The van der Waals surface area contributed by atoms with Gasteiger partial charge in [-0.25, -0.2) is 4.39 Å². The highest BCUT2D eigenvalue weighted by molar-refractivity contribution is 5.91. The van der Waals surface area contributed by atoms with Crippen LogP contribution >= 0.6 is 0 Å². The van der Waals surface area contributed by atoms with Crippen LogP contribution in [0.15, 0.2) is 24.3 Å². The highest BCUT2D eigenvalue weighted by Gasteiger charge is 2.17. The number of aromatic nitrogens is 1. The lowest BCUT2D eigenvalue weighted by molar-refractivity contribution is 0.264. The number of hydrogen-bond acceptors (Lipinski definition) is 3. The summed E-state index contributed by atoms with van der Waals surface area (Å²) < 4.78 is 13.5. The van der Waals surface area contributed by atoms with E-state index < -0.39 is 0 Å². The highest BCUT2D eigenvalue weighted by Crippen LogP contribution is 2.26. The van der Waals surface area contributed by atoms with Crippen molar-refractivity contribution in [2.24, 2.45) is 0 Å². The van der Waals surface area contributed by atoms with Crippen LogP contribution in [0, 0.1) is 12.7 Å². The van der Waals surface area contributed by atoms with Gasteiger partial charge in [0.05, 0.1) is 5.52 Å². The van der Waals surface area contributed by atoms with Crippen molar-refractivity contribution < 1.29 is 4.39 Å². The molecule has 1 aromatic carbocycles. The average molecular weight is 273 g/mol. The molecule has 1 aliphatic heterocycles. The molecule has 3 rings (SSSR count). The quantitative estimate of drug-likeness (QED) is 0.911. The summed E-state index contributed by atoms with van der Waals surface area (Å²) in [7, 11) is 2.15. The second-order valence-electron chi connectivity index (χ2n) is 5.69. The minimum Gasteiger partial charge on any atom is -0.382 e. The smallest absolute Gasteiger partial charge is 0.124 e. The Bertz CT molecular complexity index is 618. The first-order valence-corrected chi connectivity index (χ1v) is 7.14. The highest BCUT2D eigenvalue weighted by atomic mass is 19.1. The molecule has 20 heavy (non-hydrogen) atoms. The number of pyridine rings is 1. The summed E-state index contributed by atoms with van der Waals surface area (Å²) in [4.78, 5) is 6.81. The summed E-state index contributed by atoms with van der Waals surface area (Å²) in [6.45, 7) is 4.19. The van der Waals surface area contributed by atoms with Crippen molar-refractivity contribution in [2.45, 2.75) is 25.8 Å². The number of nitrogens with one attached hydrogen (secondary N) is 1. The lowest BCUT2D eigenvalue weighted by Crippen LogP contribution is -2.36. The number of nitrogens with zero attached hydrogens (tertiary/aromatic N) is 2. The third-order valence-electron chi connectivity index (χ3n) is 3.98. The van der Waals surface area contributed by atoms with E-state index in [0.29, 0.717) is 6.04 Å². The van der Waals surface area contributed by atoms with Gasteiger partial charge in [-0.15, -0.1) is 0 Å². The zero-order valence-corrected chi connectivity index (χ0v) is 12.0. The number of likely N-dealkylation sites (tertiary alicyclic amines) is 1. The van der Waals surface area contributed by atoms with Gasteiger partial charge in [-0.1, -0.05) is 0 Å². The maximum absolute atomic E-state index is 13.5. The van der Waals surface area contributed by atoms with Gasteiger partial charge in [-0.05, 0) is 64.2 Å². The van der Waals surface area contributed by atoms with Crippen LogP contribution in [0.2, 0.25) is 0 Å². The zero-order valence-electron chi connectivity index (χ0n) is 12.0. The molecular weight excluding hydrogens is 253 g/mol. The Morgan fingerprint density at radius 3 is 2.75 bits per heavy atom. The number of anilines is 1. The zero-order chi connectivity index (χ0) is 14.1. The van der Waals surface area contributed by atoms with Crippen LogP contribution in [0.3, 0.4) is 0 Å². The molecule has 0 atom stereocenters. The van der Waals surface area contributed by atoms with Crippen LogP contribution in [0.4, 0.5) is 10.1 Å². The largest absolute Gasteiger partial charge is 0.382 e. The number of rotatable bonds is 2. The molecule has 4 heteroatoms. The Hall–Kier alpha value is -1.68. The van der Waals surface area contributed by atoms with Crippen LogP contribution in [0.5, 0.6) is 0 Å². The van der Waals surface area contributed by atoms with Gasteiger partial charge in [-0.3, -0.25) is 4.98 Å². The summed E-state index contributed by atoms with van der Waals surface area (Å²) in [6, 6.07) is 7.25. The summed E-state index contributed by atoms with van der Waals surface area (Å²) >= 11 is 0. The maximum Gasteiger partial charge on any atom is 0.124 e. The van der Waals surface area contributed by atoms with E-state index in [-0.39, 0.29) is 5.82 Å². The molecule has 3 nitrogen and oxygen atoms in total. The van der Waals surface area contributed by atoms with Gasteiger partial charge in [0.15, 0.2) is 0 Å². The topological polar surface area (TPSA) is 28.2 Å². The summed E-state index contributed by atoms with van der Waals surface area (Å²) in [6.07, 6.45) is 2.24. The molecule has 1 saturated heterocycles. The minimum absolute atomic E-state index is 0.213. The van der Waals surface area contributed by atoms with Crippen molar-refractivity contribution in [3.63, 3.8) is 0 Å². The van der Waals surface area contributed by atoms with Crippen LogP contribution in [0.25, 0.3) is 10.9 Å². The predicted octanol–water partition coefficient (Wildman–Crippen LogP) is 3.19. The standard InChI is InChI=1S/C16H20FN3/c1-11-9-16(19-13-5-7-20(2)8-6-13)14-10-12(17)3-4-15(14)18-11/h3-4,9-10,13H,5-8H2,1-2H3,(H,18,19). The SMILES string of the molecule is Cc1cc(NC2CCN(C)CC2)c2cc(F)ccc2n1. The van der Waals surface area contributed by atoms with Gasteiger partial charge in [0.2, 0.25) is 0 Å². The van der Waals surface area contributed by atoms with E-state index in [4.69, 9.17) is 0 Å². The van der Waals surface area contributed by atoms with Crippen molar-refractivity contribution in [3.05, 3.63) is 35.8 Å². The molecule has 0 amide bonds. The normalized spacial score (nSPS) is 17.6. The Balaban J connectivity index is 1.92. The summed E-state index contributed by atoms with van der Waals surface area (Å²) in [5.74, 6) is -0.213. The fraction of sp³-hybridized carbons (Fsp3) is 0.438. The van der Waals surface area contributed by atoms with Crippen molar-refractivity contribution in [2.75, 3.05) is 25.5 Å². The molecule has 0 aliphatic carbocycles. The van der Waals surface area contributed by atoms with Gasteiger partial charge >= 0.3 is 0 Å². The fourth-order valence-electron chi connectivity index (χ4n) is 2.82. The Kier molecular flexibility index (Phi) is 3.57. The molecule has 1 aliphatic rings. The van der Waals surface area contributed by atoms with Gasteiger partial charge in [0, 0.05) is 22.8 Å². The van der Waals surface area contributed by atoms with E-state index in [1.165, 1.54) is 6.07 Å². The molecule has 2 heterocycles. The maximum atomic E-state index is 13.5. The van der Waals surface area contributed by atoms with E-state index >= 15 is 0 Å². The monoisotopic (exact) mass is 273 g/mol. The third-order valence-corrected chi connectivity index (χ3v) is 3.98. The molecule has 1 fully saturated rings. The van der Waals surface area contributed by atoms with Crippen molar-refractivity contribution in [1.82, 2.24) is 9.88 Å². The van der Waals surface area contributed by atoms with Crippen molar-refractivity contribution in [1.29, 1.82) is 0 Å². The van der Waals surface area contributed by atoms with Crippen LogP contribution in [-0.4, -0.2) is 36.1 Å². The van der Waals surface area contributed by atoms with Crippen molar-refractivity contribution >= 4 is 16.6 Å². The Morgan fingerprint density at radius 2 is 2.00 bits per heavy atom. The third kappa shape index (κ3) is 2.75. The number of halogens is 1. The molecule has 0 radical (unpaired) electrons. The van der Waals surface area contributed by atoms with E-state index in [0.717, 1.165) is 48.2 Å². The number of benzene rings is 1. The van der Waals surface area contributed by atoms with E-state index in [1.807, 2.05) is 13.0 Å². The number of hydrogen-bond donors (Lipinski definition) is 1. The molecular formula is C16H20FN3. The predicted molar refractivity (Wildman–Crippen MR) is 80.6 cm³/mol. The van der Waals surface area contributed by atoms with E-state index in [2.05, 4.69) is 22.2 Å². The Labute approximate surface area is 118 Å². The molecule has 0 spiro atoms. The fourth-order valence-corrected chi connectivity index (χ4v) is 2.82. The minimum atomic E-state index is -0.213. The number of piperidine rings is 1. The first kappa shape index (κ1) is 13.3. The van der Waals surface area contributed by atoms with Crippen LogP contribution in [0.1, 0.15) is 18.5 Å². The van der Waals surface area contributed by atoms with Crippen molar-refractivity contribution in [3.8, 4) is 0 Å². The first-order chi connectivity index (χ1) is 9.61. The molecule has 1 N–H and O–H groups in total. The number of aryl methyl sites for hydroxylation is 1. The van der Waals surface area contributed by atoms with Crippen LogP contribution in [-0.2, 0) is 0 Å². The first-order valence-electron chi connectivity index (χ1n) is 7.14. The molecule has 0 bridgehead atoms. The molecule has 106 valence electrons. The van der Waals surface area contributed by atoms with Gasteiger partial charge in [-0.2, -0.15) is 0 Å². The van der Waals surface area contributed by atoms with Crippen LogP contribution < -0.4 is 5.32 Å². The molecule has 0 saturated carbocycles. The average Bonchev–Trinajstić information content (AvgIpc) is 2.42.